The van der Waals surface area contributed by atoms with Gasteiger partial charge in [-0.3, -0.25) is 9.88 Å². The van der Waals surface area contributed by atoms with Crippen molar-refractivity contribution in [1.29, 1.82) is 0 Å². The standard InChI is InChI=1S/C24H26N6/c1-2-7-19(8-3-1)15-26-22-11-12-23-27-24(28-30(23)18-22)20-9-6-14-29(16-20)17-21-10-4-5-13-25-21/h1-5,7-8,10-13,18,20,26H,6,9,14-17H2/t20-/m0/s1. The zero-order valence-electron chi connectivity index (χ0n) is 17.0. The van der Waals surface area contributed by atoms with Gasteiger partial charge in [0.15, 0.2) is 11.5 Å². The molecule has 0 aliphatic carbocycles. The SMILES string of the molecule is c1ccc(CNc2ccc3nc([C@H]4CCCN(Cc5ccccn5)C4)nn3c2)cc1. The van der Waals surface area contributed by atoms with Crippen LogP contribution in [0.4, 0.5) is 5.69 Å². The van der Waals surface area contributed by atoms with Gasteiger partial charge in [0.1, 0.15) is 0 Å². The van der Waals surface area contributed by atoms with Crippen molar-refractivity contribution in [1.82, 2.24) is 24.5 Å². The molecule has 0 unspecified atom stereocenters. The fourth-order valence-electron chi connectivity index (χ4n) is 4.11. The van der Waals surface area contributed by atoms with Crippen LogP contribution in [0.25, 0.3) is 5.65 Å². The molecular formula is C24H26N6. The van der Waals surface area contributed by atoms with Crippen LogP contribution in [-0.2, 0) is 13.1 Å². The summed E-state index contributed by atoms with van der Waals surface area (Å²) >= 11 is 0. The molecule has 0 amide bonds. The molecule has 152 valence electrons. The van der Waals surface area contributed by atoms with Gasteiger partial charge >= 0.3 is 0 Å². The van der Waals surface area contributed by atoms with Crippen molar-refractivity contribution in [2.24, 2.45) is 0 Å². The minimum absolute atomic E-state index is 0.364. The number of pyridine rings is 2. The van der Waals surface area contributed by atoms with Crippen LogP contribution in [0.2, 0.25) is 0 Å². The molecule has 1 fully saturated rings. The molecule has 1 atom stereocenters. The van der Waals surface area contributed by atoms with E-state index in [1.807, 2.05) is 35.1 Å². The van der Waals surface area contributed by atoms with Gasteiger partial charge in [0.25, 0.3) is 0 Å². The van der Waals surface area contributed by atoms with Crippen LogP contribution < -0.4 is 5.32 Å². The van der Waals surface area contributed by atoms with E-state index in [9.17, 15) is 0 Å². The number of nitrogens with zero attached hydrogens (tertiary/aromatic N) is 5. The van der Waals surface area contributed by atoms with Gasteiger partial charge < -0.3 is 5.32 Å². The van der Waals surface area contributed by atoms with E-state index in [1.54, 1.807) is 0 Å². The van der Waals surface area contributed by atoms with Crippen molar-refractivity contribution in [3.05, 3.63) is 90.1 Å². The first-order valence-corrected chi connectivity index (χ1v) is 10.6. The summed E-state index contributed by atoms with van der Waals surface area (Å²) in [4.78, 5) is 11.8. The summed E-state index contributed by atoms with van der Waals surface area (Å²) in [7, 11) is 0. The number of piperidine rings is 1. The van der Waals surface area contributed by atoms with Gasteiger partial charge in [0.05, 0.1) is 17.6 Å². The Morgan fingerprint density at radius 2 is 1.90 bits per heavy atom. The molecule has 4 aromatic rings. The number of likely N-dealkylation sites (tertiary alicyclic amines) is 1. The average Bonchev–Trinajstić information content (AvgIpc) is 3.23. The summed E-state index contributed by atoms with van der Waals surface area (Å²) in [5, 5.41) is 8.29. The third-order valence-corrected chi connectivity index (χ3v) is 5.67. The maximum absolute atomic E-state index is 4.82. The summed E-state index contributed by atoms with van der Waals surface area (Å²) in [5.74, 6) is 1.31. The second-order valence-electron chi connectivity index (χ2n) is 7.93. The second kappa shape index (κ2) is 8.63. The highest BCUT2D eigenvalue weighted by molar-refractivity contribution is 5.49. The molecule has 30 heavy (non-hydrogen) atoms. The minimum atomic E-state index is 0.364. The number of rotatable bonds is 6. The van der Waals surface area contributed by atoms with Gasteiger partial charge in [-0.15, -0.1) is 0 Å². The fraction of sp³-hybridized carbons (Fsp3) is 0.292. The molecule has 5 rings (SSSR count). The van der Waals surface area contributed by atoms with Crippen LogP contribution in [0.1, 0.15) is 35.8 Å². The lowest BCUT2D eigenvalue weighted by Gasteiger charge is -2.31. The Labute approximate surface area is 176 Å². The molecule has 1 aliphatic heterocycles. The molecule has 1 aromatic carbocycles. The summed E-state index contributed by atoms with van der Waals surface area (Å²) in [6.07, 6.45) is 6.19. The summed E-state index contributed by atoms with van der Waals surface area (Å²) < 4.78 is 1.90. The van der Waals surface area contributed by atoms with Crippen LogP contribution >= 0.6 is 0 Å². The lowest BCUT2D eigenvalue weighted by atomic mass is 9.97. The van der Waals surface area contributed by atoms with Crippen LogP contribution in [0, 0.1) is 0 Å². The van der Waals surface area contributed by atoms with Gasteiger partial charge in [0, 0.05) is 31.7 Å². The number of nitrogens with one attached hydrogen (secondary N) is 1. The fourth-order valence-corrected chi connectivity index (χ4v) is 4.11. The number of benzene rings is 1. The van der Waals surface area contributed by atoms with E-state index in [0.717, 1.165) is 61.9 Å². The molecule has 6 nitrogen and oxygen atoms in total. The molecule has 0 bridgehead atoms. The minimum Gasteiger partial charge on any atom is -0.380 e. The molecule has 1 saturated heterocycles. The third-order valence-electron chi connectivity index (χ3n) is 5.67. The maximum atomic E-state index is 4.82. The highest BCUT2D eigenvalue weighted by Crippen LogP contribution is 2.26. The number of aromatic nitrogens is 4. The third kappa shape index (κ3) is 4.33. The normalized spacial score (nSPS) is 17.3. The number of hydrogen-bond donors (Lipinski definition) is 1. The van der Waals surface area contributed by atoms with Gasteiger partial charge in [-0.2, -0.15) is 5.10 Å². The Kier molecular flexibility index (Phi) is 5.40. The van der Waals surface area contributed by atoms with E-state index in [1.165, 1.54) is 5.56 Å². The monoisotopic (exact) mass is 398 g/mol. The van der Waals surface area contributed by atoms with Crippen LogP contribution in [0.5, 0.6) is 0 Å². The summed E-state index contributed by atoms with van der Waals surface area (Å²) in [6.45, 7) is 3.76. The van der Waals surface area contributed by atoms with Crippen molar-refractivity contribution in [2.45, 2.75) is 31.8 Å². The molecule has 6 heteroatoms. The molecule has 3 aromatic heterocycles. The first-order chi connectivity index (χ1) is 14.8. The smallest absolute Gasteiger partial charge is 0.156 e. The Balaban J connectivity index is 1.27. The van der Waals surface area contributed by atoms with Crippen molar-refractivity contribution in [2.75, 3.05) is 18.4 Å². The van der Waals surface area contributed by atoms with Crippen molar-refractivity contribution >= 4 is 11.3 Å². The maximum Gasteiger partial charge on any atom is 0.156 e. The topological polar surface area (TPSA) is 58.4 Å². The molecule has 1 N–H and O–H groups in total. The number of anilines is 1. The predicted molar refractivity (Wildman–Crippen MR) is 118 cm³/mol. The molecule has 0 saturated carbocycles. The van der Waals surface area contributed by atoms with E-state index in [-0.39, 0.29) is 0 Å². The van der Waals surface area contributed by atoms with Crippen LogP contribution in [0.3, 0.4) is 0 Å². The van der Waals surface area contributed by atoms with E-state index < -0.39 is 0 Å². The molecule has 0 spiro atoms. The number of fused-ring (bicyclic) bond motifs is 1. The quantitative estimate of drug-likeness (QED) is 0.530. The summed E-state index contributed by atoms with van der Waals surface area (Å²) in [5.41, 5.74) is 4.32. The van der Waals surface area contributed by atoms with Gasteiger partial charge in [-0.1, -0.05) is 36.4 Å². The molecule has 0 radical (unpaired) electrons. The molecule has 4 heterocycles. The largest absolute Gasteiger partial charge is 0.380 e. The molecule has 1 aliphatic rings. The first kappa shape index (κ1) is 18.8. The average molecular weight is 399 g/mol. The van der Waals surface area contributed by atoms with Crippen molar-refractivity contribution in [3.63, 3.8) is 0 Å². The number of hydrogen-bond acceptors (Lipinski definition) is 5. The van der Waals surface area contributed by atoms with Crippen molar-refractivity contribution < 1.29 is 0 Å². The van der Waals surface area contributed by atoms with E-state index in [2.05, 4.69) is 57.7 Å². The van der Waals surface area contributed by atoms with E-state index in [4.69, 9.17) is 10.1 Å². The van der Waals surface area contributed by atoms with Gasteiger partial charge in [-0.25, -0.2) is 9.50 Å². The Morgan fingerprint density at radius 1 is 1.00 bits per heavy atom. The van der Waals surface area contributed by atoms with Crippen molar-refractivity contribution in [3.8, 4) is 0 Å². The predicted octanol–water partition coefficient (Wildman–Crippen LogP) is 4.12. The zero-order valence-corrected chi connectivity index (χ0v) is 17.0. The highest BCUT2D eigenvalue weighted by atomic mass is 15.3. The highest BCUT2D eigenvalue weighted by Gasteiger charge is 2.25. The zero-order chi connectivity index (χ0) is 20.2. The lowest BCUT2D eigenvalue weighted by molar-refractivity contribution is 0.194. The Morgan fingerprint density at radius 3 is 2.77 bits per heavy atom. The molecular weight excluding hydrogens is 372 g/mol. The van der Waals surface area contributed by atoms with E-state index in [0.29, 0.717) is 5.92 Å². The van der Waals surface area contributed by atoms with Crippen LogP contribution in [-0.4, -0.2) is 37.6 Å². The van der Waals surface area contributed by atoms with E-state index >= 15 is 0 Å². The first-order valence-electron chi connectivity index (χ1n) is 10.6. The van der Waals surface area contributed by atoms with Crippen LogP contribution in [0.15, 0.2) is 73.1 Å². The van der Waals surface area contributed by atoms with Gasteiger partial charge in [0.2, 0.25) is 0 Å². The Bertz CT molecular complexity index is 1090. The lowest BCUT2D eigenvalue weighted by Crippen LogP contribution is -2.34. The van der Waals surface area contributed by atoms with Gasteiger partial charge in [-0.05, 0) is 49.2 Å². The summed E-state index contributed by atoms with van der Waals surface area (Å²) in [6, 6.07) is 20.6. The second-order valence-corrected chi connectivity index (χ2v) is 7.93. The Hall–Kier alpha value is -3.25.